The number of hydrogen-bond donors (Lipinski definition) is 2. The number of likely N-dealkylation sites (tertiary alicyclic amines) is 3. The van der Waals surface area contributed by atoms with Gasteiger partial charge in [-0.3, -0.25) is 4.90 Å². The summed E-state index contributed by atoms with van der Waals surface area (Å²) in [4.78, 5) is 7.87. The number of rotatable bonds is 5. The van der Waals surface area contributed by atoms with Crippen LogP contribution < -0.4 is 5.73 Å². The number of aliphatic hydroxyl groups is 1. The Kier molecular flexibility index (Phi) is 5.33. The average Bonchev–Trinajstić information content (AvgIpc) is 3.06. The highest BCUT2D eigenvalue weighted by Crippen LogP contribution is 2.32. The van der Waals surface area contributed by atoms with E-state index in [0.29, 0.717) is 18.6 Å². The van der Waals surface area contributed by atoms with E-state index in [-0.39, 0.29) is 0 Å². The molecular weight excluding hydrogens is 288 g/mol. The first-order valence-electron chi connectivity index (χ1n) is 9.53. The molecule has 3 aliphatic rings. The molecule has 3 aliphatic heterocycles. The number of piperidine rings is 1. The monoisotopic (exact) mass is 324 g/mol. The van der Waals surface area contributed by atoms with Crippen LogP contribution in [0, 0.1) is 11.8 Å². The predicted octanol–water partition coefficient (Wildman–Crippen LogP) is 0.433. The lowest BCUT2D eigenvalue weighted by atomic mass is 9.91. The molecule has 0 amide bonds. The van der Waals surface area contributed by atoms with Gasteiger partial charge in [-0.2, -0.15) is 0 Å². The standard InChI is InChI=1S/C18H36N4O/c1-14(2)22-11-16-9-20(10-17(16)12-22)8-15(3)21-6-4-18(23,13-19)5-7-21/h14-17,23H,4-13,19H2,1-3H3. The molecule has 3 N–H and O–H groups in total. The fourth-order valence-electron chi connectivity index (χ4n) is 4.77. The quantitative estimate of drug-likeness (QED) is 0.768. The van der Waals surface area contributed by atoms with Crippen LogP contribution in [-0.2, 0) is 0 Å². The Balaban J connectivity index is 1.43. The fourth-order valence-corrected chi connectivity index (χ4v) is 4.77. The summed E-state index contributed by atoms with van der Waals surface area (Å²) >= 11 is 0. The minimum Gasteiger partial charge on any atom is -0.388 e. The molecule has 0 spiro atoms. The van der Waals surface area contributed by atoms with Crippen molar-refractivity contribution in [3.63, 3.8) is 0 Å². The lowest BCUT2D eigenvalue weighted by Crippen LogP contribution is -2.52. The lowest BCUT2D eigenvalue weighted by molar-refractivity contribution is -0.0249. The molecule has 3 saturated heterocycles. The van der Waals surface area contributed by atoms with E-state index in [1.54, 1.807) is 0 Å². The maximum Gasteiger partial charge on any atom is 0.0793 e. The first-order valence-corrected chi connectivity index (χ1v) is 9.53. The van der Waals surface area contributed by atoms with Crippen LogP contribution in [0.4, 0.5) is 0 Å². The SMILES string of the molecule is CC(C)N1CC2CN(CC(C)N3CCC(O)(CN)CC3)CC2C1. The number of hydrogen-bond acceptors (Lipinski definition) is 5. The zero-order chi connectivity index (χ0) is 16.6. The van der Waals surface area contributed by atoms with Crippen LogP contribution in [0.15, 0.2) is 0 Å². The van der Waals surface area contributed by atoms with Gasteiger partial charge in [0, 0.05) is 64.4 Å². The minimum absolute atomic E-state index is 0.400. The van der Waals surface area contributed by atoms with Gasteiger partial charge in [0.15, 0.2) is 0 Å². The third-order valence-corrected chi connectivity index (χ3v) is 6.57. The second-order valence-electron chi connectivity index (χ2n) is 8.60. The molecule has 5 nitrogen and oxygen atoms in total. The molecule has 134 valence electrons. The van der Waals surface area contributed by atoms with E-state index < -0.39 is 5.60 Å². The molecule has 0 bridgehead atoms. The Morgan fingerprint density at radius 3 is 2.04 bits per heavy atom. The summed E-state index contributed by atoms with van der Waals surface area (Å²) in [5, 5.41) is 10.3. The van der Waals surface area contributed by atoms with Crippen LogP contribution in [0.25, 0.3) is 0 Å². The smallest absolute Gasteiger partial charge is 0.0793 e. The van der Waals surface area contributed by atoms with Crippen molar-refractivity contribution >= 4 is 0 Å². The molecular formula is C18H36N4O. The largest absolute Gasteiger partial charge is 0.388 e. The molecule has 3 fully saturated rings. The van der Waals surface area contributed by atoms with E-state index in [0.717, 1.165) is 37.8 Å². The highest BCUT2D eigenvalue weighted by molar-refractivity contribution is 4.95. The van der Waals surface area contributed by atoms with Crippen LogP contribution in [0.3, 0.4) is 0 Å². The van der Waals surface area contributed by atoms with Gasteiger partial charge in [-0.1, -0.05) is 0 Å². The van der Waals surface area contributed by atoms with E-state index in [2.05, 4.69) is 35.5 Å². The topological polar surface area (TPSA) is 56.0 Å². The maximum absolute atomic E-state index is 10.3. The normalized spacial score (nSPS) is 34.2. The van der Waals surface area contributed by atoms with Crippen molar-refractivity contribution in [2.45, 2.75) is 51.3 Å². The average molecular weight is 325 g/mol. The van der Waals surface area contributed by atoms with Gasteiger partial charge in [-0.25, -0.2) is 0 Å². The minimum atomic E-state index is -0.610. The number of nitrogens with two attached hydrogens (primary N) is 1. The summed E-state index contributed by atoms with van der Waals surface area (Å²) in [5.74, 6) is 1.77. The number of fused-ring (bicyclic) bond motifs is 1. The fraction of sp³-hybridized carbons (Fsp3) is 1.00. The van der Waals surface area contributed by atoms with Gasteiger partial charge >= 0.3 is 0 Å². The Bertz CT molecular complexity index is 380. The second kappa shape index (κ2) is 6.96. The van der Waals surface area contributed by atoms with Gasteiger partial charge < -0.3 is 20.6 Å². The molecule has 3 heterocycles. The summed E-state index contributed by atoms with van der Waals surface area (Å²) in [7, 11) is 0. The van der Waals surface area contributed by atoms with Gasteiger partial charge in [0.1, 0.15) is 0 Å². The molecule has 0 saturated carbocycles. The molecule has 5 heteroatoms. The molecule has 0 aromatic carbocycles. The van der Waals surface area contributed by atoms with Gasteiger partial charge in [0.2, 0.25) is 0 Å². The Morgan fingerprint density at radius 2 is 1.57 bits per heavy atom. The maximum atomic E-state index is 10.3. The second-order valence-corrected chi connectivity index (χ2v) is 8.60. The highest BCUT2D eigenvalue weighted by atomic mass is 16.3. The first kappa shape index (κ1) is 17.6. The third-order valence-electron chi connectivity index (χ3n) is 6.57. The van der Waals surface area contributed by atoms with Crippen LogP contribution >= 0.6 is 0 Å². The molecule has 3 atom stereocenters. The van der Waals surface area contributed by atoms with Gasteiger partial charge in [0.05, 0.1) is 5.60 Å². The molecule has 0 aromatic rings. The molecule has 3 unspecified atom stereocenters. The van der Waals surface area contributed by atoms with Crippen molar-refractivity contribution in [3.8, 4) is 0 Å². The van der Waals surface area contributed by atoms with Crippen molar-refractivity contribution in [1.29, 1.82) is 0 Å². The van der Waals surface area contributed by atoms with E-state index in [1.165, 1.54) is 32.7 Å². The van der Waals surface area contributed by atoms with Crippen molar-refractivity contribution in [1.82, 2.24) is 14.7 Å². The van der Waals surface area contributed by atoms with Crippen molar-refractivity contribution < 1.29 is 5.11 Å². The van der Waals surface area contributed by atoms with E-state index in [1.807, 2.05) is 0 Å². The van der Waals surface area contributed by atoms with E-state index >= 15 is 0 Å². The Labute approximate surface area is 141 Å². The van der Waals surface area contributed by atoms with Crippen LogP contribution in [0.5, 0.6) is 0 Å². The predicted molar refractivity (Wildman–Crippen MR) is 94.4 cm³/mol. The first-order chi connectivity index (χ1) is 10.9. The Morgan fingerprint density at radius 1 is 1.00 bits per heavy atom. The molecule has 23 heavy (non-hydrogen) atoms. The van der Waals surface area contributed by atoms with Crippen LogP contribution in [0.2, 0.25) is 0 Å². The molecule has 3 rings (SSSR count). The van der Waals surface area contributed by atoms with Crippen molar-refractivity contribution in [3.05, 3.63) is 0 Å². The summed E-state index contributed by atoms with van der Waals surface area (Å²) < 4.78 is 0. The van der Waals surface area contributed by atoms with Crippen LogP contribution in [0.1, 0.15) is 33.6 Å². The van der Waals surface area contributed by atoms with Gasteiger partial charge in [-0.15, -0.1) is 0 Å². The number of nitrogens with zero attached hydrogens (tertiary/aromatic N) is 3. The summed E-state index contributed by atoms with van der Waals surface area (Å²) in [6.07, 6.45) is 1.64. The van der Waals surface area contributed by atoms with Crippen molar-refractivity contribution in [2.24, 2.45) is 17.6 Å². The van der Waals surface area contributed by atoms with E-state index in [4.69, 9.17) is 5.73 Å². The Hall–Kier alpha value is -0.200. The van der Waals surface area contributed by atoms with Crippen LogP contribution in [-0.4, -0.2) is 89.8 Å². The molecule has 0 aromatic heterocycles. The molecule has 0 radical (unpaired) electrons. The summed E-state index contributed by atoms with van der Waals surface area (Å²) in [5.41, 5.74) is 5.09. The third kappa shape index (κ3) is 3.90. The van der Waals surface area contributed by atoms with E-state index in [9.17, 15) is 5.11 Å². The zero-order valence-electron chi connectivity index (χ0n) is 15.2. The summed E-state index contributed by atoms with van der Waals surface area (Å²) in [6, 6.07) is 1.28. The van der Waals surface area contributed by atoms with Gasteiger partial charge in [-0.05, 0) is 45.4 Å². The summed E-state index contributed by atoms with van der Waals surface area (Å²) in [6.45, 7) is 15.7. The highest BCUT2D eigenvalue weighted by Gasteiger charge is 2.41. The van der Waals surface area contributed by atoms with Crippen molar-refractivity contribution in [2.75, 3.05) is 52.4 Å². The lowest BCUT2D eigenvalue weighted by Gasteiger charge is -2.41. The molecule has 0 aliphatic carbocycles. The zero-order valence-corrected chi connectivity index (χ0v) is 15.2. The van der Waals surface area contributed by atoms with Gasteiger partial charge in [0.25, 0.3) is 0 Å².